The van der Waals surface area contributed by atoms with Crippen LogP contribution in [0.2, 0.25) is 4.47 Å². The van der Waals surface area contributed by atoms with Gasteiger partial charge >= 0.3 is 72.0 Å². The van der Waals surface area contributed by atoms with Crippen LogP contribution in [0.25, 0.3) is 0 Å². The van der Waals surface area contributed by atoms with Crippen molar-refractivity contribution in [2.75, 3.05) is 0 Å². The van der Waals surface area contributed by atoms with Crippen molar-refractivity contribution < 1.29 is 0 Å². The van der Waals surface area contributed by atoms with Gasteiger partial charge in [-0.05, 0) is 0 Å². The van der Waals surface area contributed by atoms with Gasteiger partial charge in [0.05, 0.1) is 0 Å². The monoisotopic (exact) mass is 248 g/mol. The zero-order chi connectivity index (χ0) is 7.23. The van der Waals surface area contributed by atoms with Gasteiger partial charge in [-0.2, -0.15) is 0 Å². The predicted molar refractivity (Wildman–Crippen MR) is 46.8 cm³/mol. The summed E-state index contributed by atoms with van der Waals surface area (Å²) in [6, 6.07) is 10.7. The van der Waals surface area contributed by atoms with E-state index in [-0.39, 0.29) is 20.9 Å². The Morgan fingerprint density at radius 2 is 2.00 bits per heavy atom. The Hall–Kier alpha value is -0.250. The van der Waals surface area contributed by atoms with Crippen LogP contribution in [0.3, 0.4) is 0 Å². The molecule has 1 heteroatoms. The van der Waals surface area contributed by atoms with Crippen molar-refractivity contribution in [2.24, 2.45) is 0 Å². The van der Waals surface area contributed by atoms with Gasteiger partial charge < -0.3 is 0 Å². The molecule has 0 fully saturated rings. The van der Waals surface area contributed by atoms with E-state index in [9.17, 15) is 0 Å². The van der Waals surface area contributed by atoms with Crippen LogP contribution in [-0.2, 0) is 0 Å². The zero-order valence-electron chi connectivity index (χ0n) is 5.79. The molecule has 0 aliphatic carbocycles. The molecule has 0 nitrogen and oxygen atoms in total. The van der Waals surface area contributed by atoms with E-state index in [0.29, 0.717) is 0 Å². The standard InChI is InChI=1S/C9H10Te/c1-2-8-10-9-6-4-3-5-7-9/h2-7H,1,8H2. The summed E-state index contributed by atoms with van der Waals surface area (Å²) in [6.45, 7) is 3.71. The molecule has 0 aliphatic heterocycles. The Morgan fingerprint density at radius 3 is 2.60 bits per heavy atom. The van der Waals surface area contributed by atoms with Crippen LogP contribution in [-0.4, -0.2) is 20.9 Å². The molecule has 1 aromatic rings. The van der Waals surface area contributed by atoms with Gasteiger partial charge in [-0.15, -0.1) is 0 Å². The zero-order valence-corrected chi connectivity index (χ0v) is 8.12. The molecule has 1 aromatic carbocycles. The van der Waals surface area contributed by atoms with E-state index < -0.39 is 0 Å². The molecule has 0 bridgehead atoms. The molecule has 0 atom stereocenters. The SMILES string of the molecule is C=CC[Te]c1ccccc1. The van der Waals surface area contributed by atoms with Crippen LogP contribution in [0.4, 0.5) is 0 Å². The molecule has 0 heterocycles. The summed E-state index contributed by atoms with van der Waals surface area (Å²) in [7, 11) is 0. The van der Waals surface area contributed by atoms with E-state index in [1.165, 1.54) is 8.08 Å². The first-order chi connectivity index (χ1) is 4.93. The molecule has 0 aromatic heterocycles. The summed E-state index contributed by atoms with van der Waals surface area (Å²) in [5.41, 5.74) is 0. The molecular weight excluding hydrogens is 236 g/mol. The van der Waals surface area contributed by atoms with E-state index in [4.69, 9.17) is 0 Å². The summed E-state index contributed by atoms with van der Waals surface area (Å²) < 4.78 is 2.72. The molecule has 0 amide bonds. The van der Waals surface area contributed by atoms with Crippen LogP contribution in [0.5, 0.6) is 0 Å². The van der Waals surface area contributed by atoms with Gasteiger partial charge in [0, 0.05) is 0 Å². The first-order valence-electron chi connectivity index (χ1n) is 3.22. The fraction of sp³-hybridized carbons (Fsp3) is 0.111. The second-order valence-electron chi connectivity index (χ2n) is 1.91. The van der Waals surface area contributed by atoms with Crippen molar-refractivity contribution in [3.05, 3.63) is 43.0 Å². The average molecular weight is 246 g/mol. The van der Waals surface area contributed by atoms with Crippen molar-refractivity contribution in [1.29, 1.82) is 0 Å². The van der Waals surface area contributed by atoms with Crippen LogP contribution < -0.4 is 3.61 Å². The maximum atomic E-state index is 3.71. The van der Waals surface area contributed by atoms with Crippen molar-refractivity contribution in [2.45, 2.75) is 4.47 Å². The summed E-state index contributed by atoms with van der Waals surface area (Å²) >= 11 is 0.0438. The summed E-state index contributed by atoms with van der Waals surface area (Å²) in [4.78, 5) is 0. The maximum absolute atomic E-state index is 3.71. The van der Waals surface area contributed by atoms with E-state index in [0.717, 1.165) is 0 Å². The third-order valence-electron chi connectivity index (χ3n) is 1.11. The van der Waals surface area contributed by atoms with Gasteiger partial charge in [-0.3, -0.25) is 0 Å². The molecule has 0 saturated carbocycles. The van der Waals surface area contributed by atoms with Gasteiger partial charge in [0.15, 0.2) is 0 Å². The Morgan fingerprint density at radius 1 is 1.30 bits per heavy atom. The van der Waals surface area contributed by atoms with Gasteiger partial charge in [0.1, 0.15) is 0 Å². The van der Waals surface area contributed by atoms with Crippen LogP contribution in [0.1, 0.15) is 0 Å². The molecule has 10 heavy (non-hydrogen) atoms. The molecule has 52 valence electrons. The molecule has 0 saturated heterocycles. The molecular formula is C9H10Te. The number of hydrogen-bond acceptors (Lipinski definition) is 0. The average Bonchev–Trinajstić information content (AvgIpc) is 2.03. The molecule has 0 spiro atoms. The summed E-state index contributed by atoms with van der Waals surface area (Å²) in [6.07, 6.45) is 2.01. The molecule has 0 N–H and O–H groups in total. The van der Waals surface area contributed by atoms with Crippen molar-refractivity contribution >= 4 is 24.5 Å². The Labute approximate surface area is 72.0 Å². The molecule has 0 aliphatic rings. The Balaban J connectivity index is 2.50. The third-order valence-corrected chi connectivity index (χ3v) is 3.99. The van der Waals surface area contributed by atoms with Gasteiger partial charge in [0.25, 0.3) is 0 Å². The van der Waals surface area contributed by atoms with Gasteiger partial charge in [0.2, 0.25) is 0 Å². The van der Waals surface area contributed by atoms with Gasteiger partial charge in [-0.25, -0.2) is 0 Å². The first kappa shape index (κ1) is 7.85. The second kappa shape index (κ2) is 4.55. The topological polar surface area (TPSA) is 0 Å². The predicted octanol–water partition coefficient (Wildman–Crippen LogP) is 1.62. The second-order valence-corrected chi connectivity index (χ2v) is 5.03. The van der Waals surface area contributed by atoms with Crippen molar-refractivity contribution in [3.63, 3.8) is 0 Å². The number of allylic oxidation sites excluding steroid dienone is 1. The minimum absolute atomic E-state index is 0.0438. The Bertz CT molecular complexity index is 191. The minimum atomic E-state index is 0.0438. The first-order valence-corrected chi connectivity index (χ1v) is 6.03. The summed E-state index contributed by atoms with van der Waals surface area (Å²) in [5, 5.41) is 0. The van der Waals surface area contributed by atoms with E-state index >= 15 is 0 Å². The third kappa shape index (κ3) is 2.56. The van der Waals surface area contributed by atoms with Gasteiger partial charge in [-0.1, -0.05) is 0 Å². The normalized spacial score (nSPS) is 9.20. The number of hydrogen-bond donors (Lipinski definition) is 0. The number of rotatable bonds is 3. The molecule has 1 rings (SSSR count). The molecule has 0 radical (unpaired) electrons. The number of benzene rings is 1. The van der Waals surface area contributed by atoms with Crippen molar-refractivity contribution in [3.8, 4) is 0 Å². The fourth-order valence-electron chi connectivity index (χ4n) is 0.672. The Kier molecular flexibility index (Phi) is 3.57. The van der Waals surface area contributed by atoms with E-state index in [2.05, 4.69) is 36.9 Å². The van der Waals surface area contributed by atoms with Crippen LogP contribution in [0.15, 0.2) is 43.0 Å². The summed E-state index contributed by atoms with van der Waals surface area (Å²) in [5.74, 6) is 0. The fourth-order valence-corrected chi connectivity index (χ4v) is 2.56. The van der Waals surface area contributed by atoms with Crippen LogP contribution in [0, 0.1) is 0 Å². The van der Waals surface area contributed by atoms with E-state index in [1.54, 1.807) is 0 Å². The van der Waals surface area contributed by atoms with E-state index in [1.807, 2.05) is 6.08 Å². The van der Waals surface area contributed by atoms with Crippen molar-refractivity contribution in [1.82, 2.24) is 0 Å². The quantitative estimate of drug-likeness (QED) is 0.561. The molecule has 0 unspecified atom stereocenters. The van der Waals surface area contributed by atoms with Crippen LogP contribution >= 0.6 is 0 Å².